The predicted molar refractivity (Wildman–Crippen MR) is 88.7 cm³/mol. The lowest BCUT2D eigenvalue weighted by molar-refractivity contribution is 0.225. The number of rotatable bonds is 7. The molecule has 0 atom stereocenters. The van der Waals surface area contributed by atoms with Crippen LogP contribution in [0.25, 0.3) is 0 Å². The van der Waals surface area contributed by atoms with E-state index in [0.717, 1.165) is 13.0 Å². The maximum absolute atomic E-state index is 5.54. The zero-order valence-electron chi connectivity index (χ0n) is 12.5. The molecular weight excluding hydrogens is 278 g/mol. The molecule has 112 valence electrons. The molecule has 0 saturated heterocycles. The van der Waals surface area contributed by atoms with Gasteiger partial charge in [-0.05, 0) is 55.3 Å². The van der Waals surface area contributed by atoms with E-state index in [9.17, 15) is 0 Å². The molecule has 0 bridgehead atoms. The Hall–Kier alpha value is -1.19. The third-order valence-electron chi connectivity index (χ3n) is 4.03. The number of unbranched alkanes of at least 4 members (excludes halogenated alkanes) is 2. The largest absolute Gasteiger partial charge is 0.468 e. The highest BCUT2D eigenvalue weighted by atomic mass is 32.2. The number of furan rings is 1. The number of hydrogen-bond donors (Lipinski definition) is 0. The first-order valence-electron chi connectivity index (χ1n) is 7.87. The van der Waals surface area contributed by atoms with E-state index in [1.54, 1.807) is 0 Å². The number of thioether (sulfide) groups is 1. The normalized spacial score (nSPS) is 15.0. The molecule has 1 aromatic carbocycles. The van der Waals surface area contributed by atoms with Gasteiger partial charge >= 0.3 is 0 Å². The van der Waals surface area contributed by atoms with Crippen LogP contribution in [0.15, 0.2) is 52.0 Å². The minimum absolute atomic E-state index is 1.00. The summed E-state index contributed by atoms with van der Waals surface area (Å²) in [6.45, 7) is 3.39. The van der Waals surface area contributed by atoms with Gasteiger partial charge in [-0.1, -0.05) is 24.6 Å². The molecule has 0 unspecified atom stereocenters. The Morgan fingerprint density at radius 1 is 1.05 bits per heavy atom. The molecule has 21 heavy (non-hydrogen) atoms. The van der Waals surface area contributed by atoms with Gasteiger partial charge in [-0.2, -0.15) is 0 Å². The molecule has 2 heterocycles. The van der Waals surface area contributed by atoms with E-state index in [-0.39, 0.29) is 0 Å². The second kappa shape index (κ2) is 7.71. The van der Waals surface area contributed by atoms with Gasteiger partial charge < -0.3 is 4.42 Å². The Morgan fingerprint density at radius 3 is 2.86 bits per heavy atom. The first kappa shape index (κ1) is 14.7. The first-order valence-corrected chi connectivity index (χ1v) is 8.86. The lowest BCUT2D eigenvalue weighted by Crippen LogP contribution is -2.30. The van der Waals surface area contributed by atoms with E-state index in [0.29, 0.717) is 0 Å². The molecule has 1 aromatic heterocycles. The van der Waals surface area contributed by atoms with Crippen molar-refractivity contribution in [2.75, 3.05) is 18.8 Å². The lowest BCUT2D eigenvalue weighted by Gasteiger charge is -2.25. The summed E-state index contributed by atoms with van der Waals surface area (Å²) >= 11 is 1.97. The molecule has 2 aromatic rings. The van der Waals surface area contributed by atoms with Crippen molar-refractivity contribution in [3.05, 3.63) is 54.0 Å². The standard InChI is InChI=1S/C18H23NOS/c1-3-7-17(8-4-1)21-14-6-2-5-11-19-12-9-16-10-13-20-18(16)15-19/h1,3-4,7-8,10,13H,2,5-6,9,11-12,14-15H2. The van der Waals surface area contributed by atoms with Crippen LogP contribution in [-0.2, 0) is 13.0 Å². The van der Waals surface area contributed by atoms with Crippen LogP contribution >= 0.6 is 11.8 Å². The molecule has 1 aliphatic rings. The smallest absolute Gasteiger partial charge is 0.120 e. The van der Waals surface area contributed by atoms with Gasteiger partial charge in [0, 0.05) is 11.4 Å². The second-order valence-corrected chi connectivity index (χ2v) is 6.79. The van der Waals surface area contributed by atoms with Crippen LogP contribution in [0, 0.1) is 0 Å². The van der Waals surface area contributed by atoms with Gasteiger partial charge in [0.25, 0.3) is 0 Å². The highest BCUT2D eigenvalue weighted by molar-refractivity contribution is 7.99. The predicted octanol–water partition coefficient (Wildman–Crippen LogP) is 4.60. The van der Waals surface area contributed by atoms with Gasteiger partial charge in [0.05, 0.1) is 12.8 Å². The van der Waals surface area contributed by atoms with Crippen LogP contribution in [0.1, 0.15) is 30.6 Å². The zero-order chi connectivity index (χ0) is 14.3. The van der Waals surface area contributed by atoms with Gasteiger partial charge in [-0.25, -0.2) is 0 Å². The van der Waals surface area contributed by atoms with Gasteiger partial charge in [0.2, 0.25) is 0 Å². The summed E-state index contributed by atoms with van der Waals surface area (Å²) in [5.41, 5.74) is 1.41. The van der Waals surface area contributed by atoms with Crippen LogP contribution in [0.4, 0.5) is 0 Å². The summed E-state index contributed by atoms with van der Waals surface area (Å²) in [7, 11) is 0. The molecule has 0 saturated carbocycles. The lowest BCUT2D eigenvalue weighted by atomic mass is 10.1. The molecular formula is C18H23NOS. The van der Waals surface area contributed by atoms with Crippen molar-refractivity contribution in [2.45, 2.75) is 37.1 Å². The van der Waals surface area contributed by atoms with Gasteiger partial charge in [0.1, 0.15) is 5.76 Å². The summed E-state index contributed by atoms with van der Waals surface area (Å²) in [6.07, 6.45) is 6.90. The van der Waals surface area contributed by atoms with Crippen molar-refractivity contribution in [2.24, 2.45) is 0 Å². The van der Waals surface area contributed by atoms with Crippen LogP contribution in [-0.4, -0.2) is 23.7 Å². The third kappa shape index (κ3) is 4.39. The molecule has 0 aliphatic carbocycles. The van der Waals surface area contributed by atoms with Crippen LogP contribution < -0.4 is 0 Å². The molecule has 3 heteroatoms. The maximum atomic E-state index is 5.54. The zero-order valence-corrected chi connectivity index (χ0v) is 13.3. The average molecular weight is 301 g/mol. The van der Waals surface area contributed by atoms with Crippen molar-refractivity contribution < 1.29 is 4.42 Å². The summed E-state index contributed by atoms with van der Waals surface area (Å²) in [5.74, 6) is 2.41. The summed E-state index contributed by atoms with van der Waals surface area (Å²) < 4.78 is 5.54. The fourth-order valence-electron chi connectivity index (χ4n) is 2.80. The summed E-state index contributed by atoms with van der Waals surface area (Å²) in [4.78, 5) is 3.91. The molecule has 3 rings (SSSR count). The monoisotopic (exact) mass is 301 g/mol. The third-order valence-corrected chi connectivity index (χ3v) is 5.13. The summed E-state index contributed by atoms with van der Waals surface area (Å²) in [6, 6.07) is 12.8. The molecule has 0 radical (unpaired) electrons. The Kier molecular flexibility index (Phi) is 5.41. The maximum Gasteiger partial charge on any atom is 0.120 e. The van der Waals surface area contributed by atoms with Gasteiger partial charge in [0.15, 0.2) is 0 Å². The Morgan fingerprint density at radius 2 is 1.95 bits per heavy atom. The Balaban J connectivity index is 1.27. The van der Waals surface area contributed by atoms with Crippen molar-refractivity contribution >= 4 is 11.8 Å². The highest BCUT2D eigenvalue weighted by Gasteiger charge is 2.17. The van der Waals surface area contributed by atoms with E-state index < -0.39 is 0 Å². The molecule has 2 nitrogen and oxygen atoms in total. The fraction of sp³-hybridized carbons (Fsp3) is 0.444. The van der Waals surface area contributed by atoms with Crippen molar-refractivity contribution in [3.8, 4) is 0 Å². The van der Waals surface area contributed by atoms with Crippen LogP contribution in [0.3, 0.4) is 0 Å². The number of hydrogen-bond acceptors (Lipinski definition) is 3. The van der Waals surface area contributed by atoms with Gasteiger partial charge in [-0.15, -0.1) is 11.8 Å². The van der Waals surface area contributed by atoms with E-state index >= 15 is 0 Å². The van der Waals surface area contributed by atoms with E-state index in [1.165, 1.54) is 54.3 Å². The summed E-state index contributed by atoms with van der Waals surface area (Å²) in [5, 5.41) is 0. The Labute approximate surface area is 131 Å². The number of fused-ring (bicyclic) bond motifs is 1. The molecule has 0 amide bonds. The van der Waals surface area contributed by atoms with E-state index in [4.69, 9.17) is 4.42 Å². The highest BCUT2D eigenvalue weighted by Crippen LogP contribution is 2.21. The van der Waals surface area contributed by atoms with Crippen LogP contribution in [0.2, 0.25) is 0 Å². The molecule has 0 spiro atoms. The van der Waals surface area contributed by atoms with Crippen molar-refractivity contribution in [3.63, 3.8) is 0 Å². The topological polar surface area (TPSA) is 16.4 Å². The average Bonchev–Trinajstić information content (AvgIpc) is 2.99. The molecule has 1 aliphatic heterocycles. The second-order valence-electron chi connectivity index (χ2n) is 5.62. The van der Waals surface area contributed by atoms with E-state index in [2.05, 4.69) is 41.3 Å². The molecule has 0 N–H and O–H groups in total. The first-order chi connectivity index (χ1) is 10.4. The van der Waals surface area contributed by atoms with Crippen LogP contribution in [0.5, 0.6) is 0 Å². The van der Waals surface area contributed by atoms with E-state index in [1.807, 2.05) is 18.0 Å². The molecule has 0 fully saturated rings. The fourth-order valence-corrected chi connectivity index (χ4v) is 3.73. The SMILES string of the molecule is c1ccc(SCCCCCN2CCc3ccoc3C2)cc1. The number of benzene rings is 1. The van der Waals surface area contributed by atoms with Crippen molar-refractivity contribution in [1.82, 2.24) is 4.90 Å². The van der Waals surface area contributed by atoms with Gasteiger partial charge in [-0.3, -0.25) is 4.90 Å². The Bertz CT molecular complexity index is 537. The minimum atomic E-state index is 1.00. The number of nitrogens with zero attached hydrogens (tertiary/aromatic N) is 1. The van der Waals surface area contributed by atoms with Crippen molar-refractivity contribution in [1.29, 1.82) is 0 Å². The minimum Gasteiger partial charge on any atom is -0.468 e. The quantitative estimate of drug-likeness (QED) is 0.549.